The summed E-state index contributed by atoms with van der Waals surface area (Å²) in [6, 6.07) is 0.620. The predicted octanol–water partition coefficient (Wildman–Crippen LogP) is 2.84. The molecule has 0 aromatic rings. The molecule has 0 spiro atoms. The highest BCUT2D eigenvalue weighted by atomic mass is 32.2. The molecule has 1 unspecified atom stereocenters. The second-order valence-corrected chi connectivity index (χ2v) is 7.71. The van der Waals surface area contributed by atoms with Crippen LogP contribution in [-0.4, -0.2) is 50.3 Å². The summed E-state index contributed by atoms with van der Waals surface area (Å²) in [5.41, 5.74) is 0. The number of hydrogen-bond acceptors (Lipinski definition) is 4. The first-order valence-corrected chi connectivity index (χ1v) is 8.38. The molecule has 0 bridgehead atoms. The Morgan fingerprint density at radius 2 is 2.31 bits per heavy atom. The Hall–Kier alpha value is 0.550. The number of hydrogen-bond donors (Lipinski definition) is 0. The fourth-order valence-electron chi connectivity index (χ4n) is 2.03. The zero-order chi connectivity index (χ0) is 11.5. The molecule has 92 valence electrons. The van der Waals surface area contributed by atoms with Crippen molar-refractivity contribution in [3.63, 3.8) is 0 Å². The van der Waals surface area contributed by atoms with Crippen molar-refractivity contribution in [1.82, 2.24) is 9.80 Å². The minimum Gasteiger partial charge on any atom is -0.343 e. The van der Waals surface area contributed by atoms with Crippen LogP contribution in [0.25, 0.3) is 0 Å². The van der Waals surface area contributed by atoms with Crippen LogP contribution in [0, 0.1) is 0 Å². The van der Waals surface area contributed by atoms with Gasteiger partial charge >= 0.3 is 0 Å². The quantitative estimate of drug-likeness (QED) is 0.729. The summed E-state index contributed by atoms with van der Waals surface area (Å²) in [4.78, 5) is 4.88. The van der Waals surface area contributed by atoms with E-state index in [1.54, 1.807) is 0 Å². The van der Waals surface area contributed by atoms with E-state index < -0.39 is 0 Å². The molecule has 2 nitrogen and oxygen atoms in total. The third-order valence-corrected chi connectivity index (χ3v) is 6.10. The fraction of sp³-hybridized carbons (Fsp3) is 0.909. The summed E-state index contributed by atoms with van der Waals surface area (Å²) in [6.07, 6.45) is 2.76. The number of thioether (sulfide) groups is 2. The van der Waals surface area contributed by atoms with Gasteiger partial charge in [-0.2, -0.15) is 11.8 Å². The molecule has 16 heavy (non-hydrogen) atoms. The highest BCUT2D eigenvalue weighted by molar-refractivity contribution is 8.22. The lowest BCUT2D eigenvalue weighted by molar-refractivity contribution is 0.175. The lowest BCUT2D eigenvalue weighted by Gasteiger charge is -2.39. The molecule has 0 radical (unpaired) electrons. The van der Waals surface area contributed by atoms with Gasteiger partial charge in [0.25, 0.3) is 0 Å². The van der Waals surface area contributed by atoms with Crippen molar-refractivity contribution in [1.29, 1.82) is 0 Å². The number of nitrogens with zero attached hydrogens (tertiary/aromatic N) is 2. The second kappa shape index (κ2) is 5.94. The highest BCUT2D eigenvalue weighted by Crippen LogP contribution is 2.29. The Morgan fingerprint density at radius 3 is 2.94 bits per heavy atom. The molecule has 0 amide bonds. The van der Waals surface area contributed by atoms with E-state index in [9.17, 15) is 0 Å². The zero-order valence-electron chi connectivity index (χ0n) is 10.0. The van der Waals surface area contributed by atoms with Gasteiger partial charge in [0.1, 0.15) is 4.32 Å². The van der Waals surface area contributed by atoms with Crippen LogP contribution in [0.15, 0.2) is 0 Å². The van der Waals surface area contributed by atoms with E-state index in [1.807, 2.05) is 11.8 Å². The smallest absolute Gasteiger partial charge is 0.138 e. The van der Waals surface area contributed by atoms with Gasteiger partial charge in [0.15, 0.2) is 0 Å². The average Bonchev–Trinajstić information content (AvgIpc) is 2.73. The third kappa shape index (κ3) is 3.28. The SMILES string of the molecule is CC(C)N1CSC(=S)N(CC2CCCS2)C1. The van der Waals surface area contributed by atoms with Crippen LogP contribution in [-0.2, 0) is 0 Å². The first-order valence-electron chi connectivity index (χ1n) is 5.94. The molecule has 0 aromatic heterocycles. The summed E-state index contributed by atoms with van der Waals surface area (Å²) in [6.45, 7) is 6.70. The van der Waals surface area contributed by atoms with E-state index in [4.69, 9.17) is 12.2 Å². The molecule has 1 atom stereocenters. The maximum atomic E-state index is 5.45. The van der Waals surface area contributed by atoms with Gasteiger partial charge in [-0.15, -0.1) is 0 Å². The first kappa shape index (κ1) is 13.0. The average molecular weight is 276 g/mol. The number of thiocarbonyl (C=S) groups is 1. The van der Waals surface area contributed by atoms with Crippen LogP contribution >= 0.6 is 35.7 Å². The third-order valence-electron chi connectivity index (χ3n) is 3.14. The molecule has 2 saturated heterocycles. The Labute approximate surface area is 113 Å². The van der Waals surface area contributed by atoms with E-state index in [2.05, 4.69) is 35.4 Å². The topological polar surface area (TPSA) is 6.48 Å². The fourth-order valence-corrected chi connectivity index (χ4v) is 4.57. The normalized spacial score (nSPS) is 28.1. The summed E-state index contributed by atoms with van der Waals surface area (Å²) >= 11 is 9.39. The van der Waals surface area contributed by atoms with E-state index in [0.717, 1.165) is 28.7 Å². The second-order valence-electron chi connectivity index (χ2n) is 4.72. The molecular weight excluding hydrogens is 256 g/mol. The Kier molecular flexibility index (Phi) is 4.82. The maximum Gasteiger partial charge on any atom is 0.138 e. The van der Waals surface area contributed by atoms with Crippen LogP contribution in [0.1, 0.15) is 26.7 Å². The van der Waals surface area contributed by atoms with E-state index in [1.165, 1.54) is 18.6 Å². The molecule has 2 aliphatic heterocycles. The maximum absolute atomic E-state index is 5.45. The van der Waals surface area contributed by atoms with Gasteiger partial charge in [-0.3, -0.25) is 4.90 Å². The summed E-state index contributed by atoms with van der Waals surface area (Å²) in [5.74, 6) is 2.40. The molecular formula is C11H20N2S3. The van der Waals surface area contributed by atoms with Crippen molar-refractivity contribution in [2.75, 3.05) is 24.8 Å². The van der Waals surface area contributed by atoms with Gasteiger partial charge in [0.2, 0.25) is 0 Å². The van der Waals surface area contributed by atoms with Crippen LogP contribution in [0.4, 0.5) is 0 Å². The van der Waals surface area contributed by atoms with Crippen molar-refractivity contribution in [2.45, 2.75) is 38.0 Å². The van der Waals surface area contributed by atoms with Crippen LogP contribution < -0.4 is 0 Å². The zero-order valence-corrected chi connectivity index (χ0v) is 12.5. The summed E-state index contributed by atoms with van der Waals surface area (Å²) in [7, 11) is 0. The molecule has 2 heterocycles. The molecule has 0 aliphatic carbocycles. The summed E-state index contributed by atoms with van der Waals surface area (Å²) in [5, 5.41) is 0.811. The van der Waals surface area contributed by atoms with Crippen molar-refractivity contribution in [2.24, 2.45) is 0 Å². The predicted molar refractivity (Wildman–Crippen MR) is 79.1 cm³/mol. The van der Waals surface area contributed by atoms with Crippen LogP contribution in [0.3, 0.4) is 0 Å². The molecule has 2 aliphatic rings. The van der Waals surface area contributed by atoms with Crippen molar-refractivity contribution in [3.8, 4) is 0 Å². The minimum atomic E-state index is 0.620. The lowest BCUT2D eigenvalue weighted by Crippen LogP contribution is -2.49. The van der Waals surface area contributed by atoms with E-state index >= 15 is 0 Å². The molecule has 5 heteroatoms. The van der Waals surface area contributed by atoms with Crippen molar-refractivity contribution in [3.05, 3.63) is 0 Å². The highest BCUT2D eigenvalue weighted by Gasteiger charge is 2.26. The monoisotopic (exact) mass is 276 g/mol. The van der Waals surface area contributed by atoms with Gasteiger partial charge in [-0.05, 0) is 32.4 Å². The van der Waals surface area contributed by atoms with Gasteiger partial charge in [-0.1, -0.05) is 24.0 Å². The molecule has 0 N–H and O–H groups in total. The lowest BCUT2D eigenvalue weighted by atomic mass is 10.2. The van der Waals surface area contributed by atoms with E-state index in [-0.39, 0.29) is 0 Å². The van der Waals surface area contributed by atoms with Gasteiger partial charge in [-0.25, -0.2) is 0 Å². The molecule has 2 fully saturated rings. The van der Waals surface area contributed by atoms with Crippen molar-refractivity contribution < 1.29 is 0 Å². The Balaban J connectivity index is 1.87. The van der Waals surface area contributed by atoms with Crippen LogP contribution in [0.5, 0.6) is 0 Å². The first-order chi connectivity index (χ1) is 7.66. The van der Waals surface area contributed by atoms with Crippen LogP contribution in [0.2, 0.25) is 0 Å². The minimum absolute atomic E-state index is 0.620. The molecule has 0 saturated carbocycles. The Bertz CT molecular complexity index is 250. The van der Waals surface area contributed by atoms with Gasteiger partial charge in [0.05, 0.1) is 12.5 Å². The standard InChI is InChI=1S/C11H20N2S3/c1-9(2)13-7-12(11(14)16-8-13)6-10-4-3-5-15-10/h9-10H,3-8H2,1-2H3. The van der Waals surface area contributed by atoms with Gasteiger partial charge in [0, 0.05) is 17.8 Å². The Morgan fingerprint density at radius 1 is 1.50 bits per heavy atom. The van der Waals surface area contributed by atoms with Gasteiger partial charge < -0.3 is 4.90 Å². The van der Waals surface area contributed by atoms with E-state index in [0.29, 0.717) is 6.04 Å². The van der Waals surface area contributed by atoms with Crippen molar-refractivity contribution >= 4 is 40.1 Å². The number of rotatable bonds is 3. The largest absolute Gasteiger partial charge is 0.343 e. The summed E-state index contributed by atoms with van der Waals surface area (Å²) < 4.78 is 1.10. The molecule has 2 rings (SSSR count). The molecule has 0 aromatic carbocycles.